The van der Waals surface area contributed by atoms with Gasteiger partial charge in [0.1, 0.15) is 0 Å². The van der Waals surface area contributed by atoms with Gasteiger partial charge in [0.15, 0.2) is 0 Å². The van der Waals surface area contributed by atoms with Gasteiger partial charge in [-0.05, 0) is 45.5 Å². The van der Waals surface area contributed by atoms with E-state index in [1.54, 1.807) is 57.8 Å². The molecule has 3 heterocycles. The second kappa shape index (κ2) is 15.0. The van der Waals surface area contributed by atoms with Crippen molar-refractivity contribution in [3.8, 4) is 51.1 Å². The number of benzene rings is 7. The van der Waals surface area contributed by atoms with Gasteiger partial charge in [-0.25, -0.2) is 9.97 Å². The number of fused-ring (bicyclic) bond motifs is 4. The van der Waals surface area contributed by atoms with E-state index in [4.69, 9.17) is 23.4 Å². The van der Waals surface area contributed by atoms with Crippen LogP contribution >= 0.6 is 0 Å². The van der Waals surface area contributed by atoms with Gasteiger partial charge in [0, 0.05) is 49.1 Å². The van der Waals surface area contributed by atoms with E-state index in [0.717, 1.165) is 27.5 Å². The van der Waals surface area contributed by atoms with Crippen molar-refractivity contribution < 1.29 is 43.4 Å². The Kier molecular flexibility index (Phi) is 7.01. The molecule has 0 aliphatic carbocycles. The van der Waals surface area contributed by atoms with Crippen molar-refractivity contribution in [2.75, 3.05) is 0 Å². The summed E-state index contributed by atoms with van der Waals surface area (Å²) >= 11 is 0. The van der Waals surface area contributed by atoms with E-state index < -0.39 is 60.4 Å². The smallest absolute Gasteiger partial charge is 0.268 e. The van der Waals surface area contributed by atoms with Gasteiger partial charge in [-0.1, -0.05) is 147 Å². The fourth-order valence-electron chi connectivity index (χ4n) is 7.12. The van der Waals surface area contributed by atoms with Crippen LogP contribution < -0.4 is 9.30 Å². The van der Waals surface area contributed by atoms with Gasteiger partial charge >= 0.3 is 0 Å². The average molecular weight is 852 g/mol. The molecule has 0 bridgehead atoms. The minimum absolute atomic E-state index is 0. The van der Waals surface area contributed by atoms with Gasteiger partial charge in [0.2, 0.25) is 5.95 Å². The zero-order valence-corrected chi connectivity index (χ0v) is 32.9. The van der Waals surface area contributed by atoms with Crippen LogP contribution in [0.5, 0.6) is 11.5 Å². The zero-order chi connectivity index (χ0) is 47.2. The molecular weight excluding hydrogens is 805 g/mol. The molecule has 3 aromatic heterocycles. The second-order valence-electron chi connectivity index (χ2n) is 14.4. The standard InChI is InChI=1S/C51H37N5O.Pd/c1-51(2,3)48-30-31-52-50(53-48)56-44-25-11-10-22-42(44)43-29-28-39(33-47(43)56)57-38-21-14-20-37(32-38)54-34-55(46-27-13-12-26-45(46)54)49-40(35-16-6-4-7-17-35)23-15-24-41(49)36-18-8-5-9-19-36;/h4-31H,1-3H3;/q-2;/i4D,5D,6D,7D,8D,9D,16D,17D,18D,19D;. The van der Waals surface area contributed by atoms with E-state index in [-0.39, 0.29) is 53.8 Å². The summed E-state index contributed by atoms with van der Waals surface area (Å²) in [5.74, 6) is 1.26. The van der Waals surface area contributed by atoms with E-state index in [1.165, 1.54) is 0 Å². The molecular formula is C51H37N5OPd-2. The van der Waals surface area contributed by atoms with Crippen molar-refractivity contribution in [3.63, 3.8) is 0 Å². The van der Waals surface area contributed by atoms with E-state index in [1.807, 2.05) is 65.2 Å². The van der Waals surface area contributed by atoms with E-state index in [0.29, 0.717) is 34.2 Å². The van der Waals surface area contributed by atoms with Crippen molar-refractivity contribution in [2.24, 2.45) is 0 Å². The largest absolute Gasteiger partial charge is 0.510 e. The molecule has 7 aromatic carbocycles. The Morgan fingerprint density at radius 2 is 1.31 bits per heavy atom. The summed E-state index contributed by atoms with van der Waals surface area (Å²) in [4.78, 5) is 9.65. The first-order valence-corrected chi connectivity index (χ1v) is 18.3. The van der Waals surface area contributed by atoms with E-state index in [9.17, 15) is 0 Å². The SMILES string of the molecule is [2H]c1c([2H])c([2H])c(-c2cccc(-c3c([2H])c([2H])c([2H])c([2H])c3[2H])c2-[n+]2[c-]n(-c3[c-]c(Oc4[c-]c5c(cc4)c4ccccc4n5-c4nccc(C(C)(C)C)n4)ccc3)c3ccccc32)c([2H])c1[2H].[Pd]. The van der Waals surface area contributed by atoms with Crippen LogP contribution in [0, 0.1) is 18.5 Å². The average Bonchev–Trinajstić information content (AvgIpc) is 3.87. The zero-order valence-electron chi connectivity index (χ0n) is 41.4. The maximum Gasteiger partial charge on any atom is 0.268 e. The molecule has 284 valence electrons. The normalized spacial score (nSPS) is 14.0. The molecule has 0 atom stereocenters. The molecule has 58 heavy (non-hydrogen) atoms. The Bertz CT molecular complexity index is 3550. The molecule has 0 unspecified atom stereocenters. The number of ether oxygens (including phenoxy) is 1. The van der Waals surface area contributed by atoms with Crippen LogP contribution in [-0.4, -0.2) is 19.1 Å². The first kappa shape index (κ1) is 27.1. The molecule has 7 heteroatoms. The van der Waals surface area contributed by atoms with Crippen molar-refractivity contribution in [1.29, 1.82) is 0 Å². The van der Waals surface area contributed by atoms with Crippen molar-refractivity contribution in [1.82, 2.24) is 19.1 Å². The van der Waals surface area contributed by atoms with Crippen molar-refractivity contribution in [3.05, 3.63) is 194 Å². The minimum atomic E-state index is -0.574. The molecule has 6 nitrogen and oxygen atoms in total. The Labute approximate surface area is 365 Å². The molecule has 10 aromatic rings. The fraction of sp³-hybridized carbons (Fsp3) is 0.0784. The molecule has 0 N–H and O–H groups in total. The van der Waals surface area contributed by atoms with Gasteiger partial charge in [-0.15, -0.1) is 29.7 Å². The van der Waals surface area contributed by atoms with Crippen LogP contribution in [0.4, 0.5) is 0 Å². The van der Waals surface area contributed by atoms with Crippen molar-refractivity contribution in [2.45, 2.75) is 26.2 Å². The van der Waals surface area contributed by atoms with Crippen LogP contribution in [0.15, 0.2) is 170 Å². The van der Waals surface area contributed by atoms with Crippen LogP contribution in [0.1, 0.15) is 40.2 Å². The molecule has 0 saturated carbocycles. The summed E-state index contributed by atoms with van der Waals surface area (Å²) < 4.78 is 98.5. The molecule has 0 saturated heterocycles. The summed E-state index contributed by atoms with van der Waals surface area (Å²) in [7, 11) is 0. The summed E-state index contributed by atoms with van der Waals surface area (Å²) in [5, 5.41) is 1.94. The molecule has 0 aliphatic rings. The first-order valence-electron chi connectivity index (χ1n) is 23.3. The van der Waals surface area contributed by atoms with Gasteiger partial charge in [0.25, 0.3) is 6.33 Å². The second-order valence-corrected chi connectivity index (χ2v) is 14.4. The summed E-state index contributed by atoms with van der Waals surface area (Å²) in [6.07, 6.45) is 5.15. The quantitative estimate of drug-likeness (QED) is 0.0912. The maximum atomic E-state index is 8.98. The fourth-order valence-corrected chi connectivity index (χ4v) is 7.12. The number of para-hydroxylation sites is 4. The van der Waals surface area contributed by atoms with Crippen LogP contribution in [0.2, 0.25) is 0 Å². The molecule has 0 aliphatic heterocycles. The predicted octanol–water partition coefficient (Wildman–Crippen LogP) is 11.6. The third-order valence-corrected chi connectivity index (χ3v) is 9.74. The van der Waals surface area contributed by atoms with Crippen LogP contribution in [0.3, 0.4) is 0 Å². The van der Waals surface area contributed by atoms with E-state index in [2.05, 4.69) is 44.2 Å². The Balaban J connectivity index is 0.00000578. The topological polar surface area (TPSA) is 48.8 Å². The molecule has 0 spiro atoms. The number of hydrogen-bond acceptors (Lipinski definition) is 3. The Morgan fingerprint density at radius 3 is 2.03 bits per heavy atom. The van der Waals surface area contributed by atoms with Gasteiger partial charge in [-0.2, -0.15) is 18.2 Å². The monoisotopic (exact) mass is 851 g/mol. The number of hydrogen-bond donors (Lipinski definition) is 0. The summed E-state index contributed by atoms with van der Waals surface area (Å²) in [5.41, 5.74) is 4.10. The summed E-state index contributed by atoms with van der Waals surface area (Å²) in [6, 6.07) is 32.7. The first-order chi connectivity index (χ1) is 32.0. The molecule has 10 rings (SSSR count). The Hall–Kier alpha value is -6.65. The Morgan fingerprint density at radius 1 is 0.655 bits per heavy atom. The van der Waals surface area contributed by atoms with Crippen molar-refractivity contribution >= 4 is 32.8 Å². The maximum absolute atomic E-state index is 8.98. The number of nitrogens with zero attached hydrogens (tertiary/aromatic N) is 5. The van der Waals surface area contributed by atoms with Crippen LogP contribution in [0.25, 0.3) is 72.4 Å². The predicted molar refractivity (Wildman–Crippen MR) is 227 cm³/mol. The summed E-state index contributed by atoms with van der Waals surface area (Å²) in [6.45, 7) is 6.31. The molecule has 0 radical (unpaired) electrons. The van der Waals surface area contributed by atoms with Crippen LogP contribution in [-0.2, 0) is 25.8 Å². The van der Waals surface area contributed by atoms with E-state index >= 15 is 0 Å². The number of rotatable bonds is 7. The van der Waals surface area contributed by atoms with Gasteiger partial charge in [0.05, 0.1) is 36.1 Å². The number of aromatic nitrogens is 5. The number of imidazole rings is 1. The minimum Gasteiger partial charge on any atom is -0.510 e. The van der Waals surface area contributed by atoms with Gasteiger partial charge in [-0.3, -0.25) is 4.57 Å². The van der Waals surface area contributed by atoms with Gasteiger partial charge < -0.3 is 13.9 Å². The third kappa shape index (κ3) is 6.59. The third-order valence-electron chi connectivity index (χ3n) is 9.74. The molecule has 0 fully saturated rings. The molecule has 0 amide bonds.